The lowest BCUT2D eigenvalue weighted by molar-refractivity contribution is -0.274. The Morgan fingerprint density at radius 3 is 2.48 bits per heavy atom. The normalized spacial score (nSPS) is 15.1. The molecule has 0 radical (unpaired) electrons. The number of aromatic nitrogens is 3. The number of carbonyl (C=O) groups excluding carboxylic acids is 2. The maximum Gasteiger partial charge on any atom is 0.573 e. The first kappa shape index (κ1) is 32.1. The van der Waals surface area contributed by atoms with Crippen LogP contribution in [-0.2, 0) is 4.79 Å². The molecule has 1 aromatic heterocycles. The summed E-state index contributed by atoms with van der Waals surface area (Å²) in [5, 5.41) is 14.4. The molecule has 1 aliphatic rings. The molecule has 3 amide bonds. The first-order valence-electron chi connectivity index (χ1n) is 13.9. The molecule has 2 heterocycles. The zero-order chi connectivity index (χ0) is 33.0. The average Bonchev–Trinajstić information content (AvgIpc) is 3.64. The minimum atomic E-state index is -4.79. The van der Waals surface area contributed by atoms with Gasteiger partial charge in [0.15, 0.2) is 11.0 Å². The number of ether oxygens (including phenoxy) is 1. The number of halogens is 3. The largest absolute Gasteiger partial charge is 0.573 e. The zero-order valence-corrected chi connectivity index (χ0v) is 25.6. The van der Waals surface area contributed by atoms with Crippen molar-refractivity contribution in [2.45, 2.75) is 39.0 Å². The van der Waals surface area contributed by atoms with E-state index in [-0.39, 0.29) is 28.5 Å². The fourth-order valence-electron chi connectivity index (χ4n) is 4.90. The standard InChI is InChI=1S/C32H26F3N7O3S/c1-19(2)28-20(3)5-4-6-26(28)42-27(43)17-46-31(42)39-30(44)37-16-23(15-36)21-7-9-22(10-8-21)29-38-18-41(40-29)24-11-13-25(14-12-24)45-32(33,34)35/h4-14,16,18-19,23H,17H2,1-3H3. The number of nitriles is 1. The van der Waals surface area contributed by atoms with Gasteiger partial charge in [0.25, 0.3) is 0 Å². The molecule has 1 saturated heterocycles. The summed E-state index contributed by atoms with van der Waals surface area (Å²) in [5.41, 5.74) is 4.36. The summed E-state index contributed by atoms with van der Waals surface area (Å²) in [4.78, 5) is 39.2. The van der Waals surface area contributed by atoms with Crippen LogP contribution in [0.1, 0.15) is 42.4 Å². The Bertz CT molecular complexity index is 1860. The van der Waals surface area contributed by atoms with Crippen LogP contribution >= 0.6 is 11.8 Å². The number of amidine groups is 1. The van der Waals surface area contributed by atoms with Crippen molar-refractivity contribution in [2.24, 2.45) is 9.98 Å². The highest BCUT2D eigenvalue weighted by molar-refractivity contribution is 8.15. The fraction of sp³-hybridized carbons (Fsp3) is 0.219. The number of rotatable bonds is 7. The molecule has 1 aliphatic heterocycles. The Morgan fingerprint density at radius 2 is 1.83 bits per heavy atom. The molecule has 0 bridgehead atoms. The lowest BCUT2D eigenvalue weighted by Crippen LogP contribution is -2.31. The number of nitrogens with zero attached hydrogens (tertiary/aromatic N) is 7. The number of alkyl halides is 3. The van der Waals surface area contributed by atoms with Crippen LogP contribution < -0.4 is 9.64 Å². The third-order valence-corrected chi connectivity index (χ3v) is 7.83. The molecule has 1 atom stereocenters. The number of hydrogen-bond acceptors (Lipinski definition) is 7. The number of carbonyl (C=O) groups is 2. The molecule has 46 heavy (non-hydrogen) atoms. The van der Waals surface area contributed by atoms with Gasteiger partial charge in [-0.05, 0) is 59.9 Å². The van der Waals surface area contributed by atoms with Crippen molar-refractivity contribution in [3.63, 3.8) is 0 Å². The molecular weight excluding hydrogens is 619 g/mol. The minimum absolute atomic E-state index is 0.140. The second kappa shape index (κ2) is 13.4. The highest BCUT2D eigenvalue weighted by Gasteiger charge is 2.33. The van der Waals surface area contributed by atoms with Crippen LogP contribution in [0.15, 0.2) is 83.0 Å². The summed E-state index contributed by atoms with van der Waals surface area (Å²) in [6.07, 6.45) is -2.16. The van der Waals surface area contributed by atoms with E-state index in [9.17, 15) is 28.0 Å². The number of anilines is 1. The van der Waals surface area contributed by atoms with Crippen LogP contribution in [0.3, 0.4) is 0 Å². The van der Waals surface area contributed by atoms with E-state index in [0.29, 0.717) is 28.3 Å². The van der Waals surface area contributed by atoms with Gasteiger partial charge >= 0.3 is 12.4 Å². The van der Waals surface area contributed by atoms with Crippen molar-refractivity contribution in [3.8, 4) is 28.9 Å². The van der Waals surface area contributed by atoms with Gasteiger partial charge in [0, 0.05) is 11.8 Å². The van der Waals surface area contributed by atoms with Crippen molar-refractivity contribution in [2.75, 3.05) is 10.7 Å². The average molecular weight is 646 g/mol. The number of hydrogen-bond donors (Lipinski definition) is 0. The predicted octanol–water partition coefficient (Wildman–Crippen LogP) is 7.20. The third kappa shape index (κ3) is 7.32. The zero-order valence-electron chi connectivity index (χ0n) is 24.8. The molecule has 234 valence electrons. The van der Waals surface area contributed by atoms with Crippen LogP contribution in [-0.4, -0.2) is 50.2 Å². The smallest absolute Gasteiger partial charge is 0.406 e. The maximum atomic E-state index is 12.8. The van der Waals surface area contributed by atoms with E-state index in [4.69, 9.17) is 0 Å². The monoisotopic (exact) mass is 645 g/mol. The molecular formula is C32H26F3N7O3S. The van der Waals surface area contributed by atoms with E-state index in [1.807, 2.05) is 39.0 Å². The van der Waals surface area contributed by atoms with E-state index in [2.05, 4.69) is 30.9 Å². The molecule has 1 unspecified atom stereocenters. The van der Waals surface area contributed by atoms with Crippen molar-refractivity contribution in [1.29, 1.82) is 5.26 Å². The summed E-state index contributed by atoms with van der Waals surface area (Å²) in [6, 6.07) is 18.8. The van der Waals surface area contributed by atoms with Crippen molar-refractivity contribution < 1.29 is 27.5 Å². The molecule has 0 spiro atoms. The number of amides is 3. The second-order valence-electron chi connectivity index (χ2n) is 10.4. The van der Waals surface area contributed by atoms with Gasteiger partial charge in [-0.2, -0.15) is 10.3 Å². The highest BCUT2D eigenvalue weighted by Crippen LogP contribution is 2.35. The highest BCUT2D eigenvalue weighted by atomic mass is 32.2. The molecule has 1 fully saturated rings. The van der Waals surface area contributed by atoms with Crippen LogP contribution in [0.25, 0.3) is 17.1 Å². The van der Waals surface area contributed by atoms with Gasteiger partial charge < -0.3 is 4.74 Å². The van der Waals surface area contributed by atoms with Gasteiger partial charge in [-0.25, -0.2) is 19.5 Å². The number of urea groups is 1. The van der Waals surface area contributed by atoms with Crippen molar-refractivity contribution in [1.82, 2.24) is 14.8 Å². The topological polar surface area (TPSA) is 126 Å². The maximum absolute atomic E-state index is 12.8. The van der Waals surface area contributed by atoms with E-state index >= 15 is 0 Å². The number of thioether (sulfide) groups is 1. The summed E-state index contributed by atoms with van der Waals surface area (Å²) in [6.45, 7) is 6.04. The number of aryl methyl sites for hydroxylation is 1. The Balaban J connectivity index is 1.28. The molecule has 0 saturated carbocycles. The summed E-state index contributed by atoms with van der Waals surface area (Å²) in [5.74, 6) is -0.770. The Hall–Kier alpha value is -5.29. The van der Waals surface area contributed by atoms with Crippen LogP contribution in [0, 0.1) is 18.3 Å². The number of aliphatic imine (C=N–C) groups is 2. The van der Waals surface area contributed by atoms with Gasteiger partial charge in [-0.1, -0.05) is 62.0 Å². The Labute approximate surface area is 266 Å². The van der Waals surface area contributed by atoms with Crippen molar-refractivity contribution in [3.05, 3.63) is 89.7 Å². The van der Waals surface area contributed by atoms with Crippen LogP contribution in [0.2, 0.25) is 0 Å². The number of benzene rings is 3. The second-order valence-corrected chi connectivity index (χ2v) is 11.4. The predicted molar refractivity (Wildman–Crippen MR) is 168 cm³/mol. The summed E-state index contributed by atoms with van der Waals surface area (Å²) in [7, 11) is 0. The fourth-order valence-corrected chi connectivity index (χ4v) is 5.75. The lowest BCUT2D eigenvalue weighted by atomic mass is 9.95. The SMILES string of the molecule is Cc1cccc(N2C(=O)CSC2=NC(=O)N=CC(C#N)c2ccc(-c3ncn(-c4ccc(OC(F)(F)F)cc4)n3)cc2)c1C(C)C. The Morgan fingerprint density at radius 1 is 1.11 bits per heavy atom. The first-order valence-corrected chi connectivity index (χ1v) is 14.9. The van der Waals surface area contributed by atoms with Gasteiger partial charge in [0.05, 0.1) is 23.2 Å². The quantitative estimate of drug-likeness (QED) is 0.195. The summed E-state index contributed by atoms with van der Waals surface area (Å²) >= 11 is 1.15. The van der Waals surface area contributed by atoms with E-state index < -0.39 is 18.3 Å². The summed E-state index contributed by atoms with van der Waals surface area (Å²) < 4.78 is 42.6. The van der Waals surface area contributed by atoms with Gasteiger partial charge in [-0.15, -0.1) is 18.3 Å². The molecule has 14 heteroatoms. The molecule has 10 nitrogen and oxygen atoms in total. The van der Waals surface area contributed by atoms with E-state index in [1.54, 1.807) is 24.3 Å². The van der Waals surface area contributed by atoms with Gasteiger partial charge in [0.1, 0.15) is 18.0 Å². The van der Waals surface area contributed by atoms with E-state index in [0.717, 1.165) is 22.9 Å². The molecule has 0 aliphatic carbocycles. The van der Waals surface area contributed by atoms with Gasteiger partial charge in [0.2, 0.25) is 5.91 Å². The Kier molecular flexibility index (Phi) is 9.33. The molecule has 4 aromatic rings. The molecule has 5 rings (SSSR count). The van der Waals surface area contributed by atoms with Crippen LogP contribution in [0.5, 0.6) is 5.75 Å². The van der Waals surface area contributed by atoms with E-state index in [1.165, 1.54) is 46.4 Å². The molecule has 3 aromatic carbocycles. The lowest BCUT2D eigenvalue weighted by Gasteiger charge is -2.23. The minimum Gasteiger partial charge on any atom is -0.406 e. The van der Waals surface area contributed by atoms with Crippen LogP contribution in [0.4, 0.5) is 23.7 Å². The van der Waals surface area contributed by atoms with Gasteiger partial charge in [-0.3, -0.25) is 9.69 Å². The van der Waals surface area contributed by atoms with Crippen molar-refractivity contribution >= 4 is 40.8 Å². The first-order chi connectivity index (χ1) is 21.9. The molecule has 0 N–H and O–H groups in total. The third-order valence-electron chi connectivity index (χ3n) is 6.90.